The van der Waals surface area contributed by atoms with E-state index in [1.807, 2.05) is 0 Å². The molecule has 1 aliphatic heterocycles. The quantitative estimate of drug-likeness (QED) is 0.656. The van der Waals surface area contributed by atoms with Crippen molar-refractivity contribution < 1.29 is 29.6 Å². The SMILES string of the molecule is CC(C)(C)C(=O)OC[C@H]1O[C@@H](n2ccc(O)cc2=O)[C@@H](O)[C@@H]1O. The van der Waals surface area contributed by atoms with Crippen molar-refractivity contribution in [2.45, 2.75) is 45.3 Å². The van der Waals surface area contributed by atoms with Crippen LogP contribution in [0.2, 0.25) is 0 Å². The van der Waals surface area contributed by atoms with Crippen molar-refractivity contribution in [3.05, 3.63) is 28.7 Å². The highest BCUT2D eigenvalue weighted by Gasteiger charge is 2.44. The standard InChI is InChI=1S/C15H21NO7/c1-15(2,3)14(21)22-7-9-11(19)12(20)13(23-9)16-5-4-8(17)6-10(16)18/h4-6,9,11-13,17,19-20H,7H2,1-3H3/t9-,11-,12+,13-/m1/s1. The Morgan fingerprint density at radius 2 is 2.00 bits per heavy atom. The molecule has 1 fully saturated rings. The first-order chi connectivity index (χ1) is 10.6. The minimum absolute atomic E-state index is 0.213. The van der Waals surface area contributed by atoms with Gasteiger partial charge in [-0.2, -0.15) is 0 Å². The number of aliphatic hydroxyl groups is 2. The van der Waals surface area contributed by atoms with E-state index in [-0.39, 0.29) is 12.4 Å². The van der Waals surface area contributed by atoms with Crippen LogP contribution in [0.5, 0.6) is 5.75 Å². The molecule has 0 spiro atoms. The molecule has 0 radical (unpaired) electrons. The molecular weight excluding hydrogens is 306 g/mol. The second kappa shape index (κ2) is 6.31. The molecule has 2 heterocycles. The van der Waals surface area contributed by atoms with Gasteiger partial charge >= 0.3 is 5.97 Å². The van der Waals surface area contributed by atoms with Crippen LogP contribution in [0, 0.1) is 5.41 Å². The zero-order valence-corrected chi connectivity index (χ0v) is 13.2. The molecule has 1 saturated heterocycles. The number of rotatable bonds is 3. The number of ether oxygens (including phenoxy) is 2. The van der Waals surface area contributed by atoms with Gasteiger partial charge < -0.3 is 24.8 Å². The third-order valence-electron chi connectivity index (χ3n) is 3.53. The fraction of sp³-hybridized carbons (Fsp3) is 0.600. The van der Waals surface area contributed by atoms with Gasteiger partial charge in [-0.25, -0.2) is 0 Å². The average Bonchev–Trinajstić information content (AvgIpc) is 2.72. The molecule has 0 aromatic carbocycles. The lowest BCUT2D eigenvalue weighted by atomic mass is 9.97. The van der Waals surface area contributed by atoms with Gasteiger partial charge in [0.05, 0.1) is 5.41 Å². The van der Waals surface area contributed by atoms with E-state index in [0.29, 0.717) is 0 Å². The molecule has 2 rings (SSSR count). The van der Waals surface area contributed by atoms with Crippen LogP contribution in [0.15, 0.2) is 23.1 Å². The summed E-state index contributed by atoms with van der Waals surface area (Å²) in [5, 5.41) is 29.3. The van der Waals surface area contributed by atoms with Gasteiger partial charge in [0.15, 0.2) is 6.23 Å². The van der Waals surface area contributed by atoms with E-state index in [4.69, 9.17) is 9.47 Å². The average molecular weight is 327 g/mol. The van der Waals surface area contributed by atoms with Crippen LogP contribution in [0.3, 0.4) is 0 Å². The zero-order valence-electron chi connectivity index (χ0n) is 13.2. The molecule has 8 heteroatoms. The van der Waals surface area contributed by atoms with E-state index in [9.17, 15) is 24.9 Å². The van der Waals surface area contributed by atoms with Gasteiger partial charge in [0.1, 0.15) is 30.7 Å². The Morgan fingerprint density at radius 1 is 1.35 bits per heavy atom. The number of aromatic hydroxyl groups is 1. The summed E-state index contributed by atoms with van der Waals surface area (Å²) in [6.07, 6.45) is -3.51. The summed E-state index contributed by atoms with van der Waals surface area (Å²) in [6.45, 7) is 4.83. The predicted molar refractivity (Wildman–Crippen MR) is 78.7 cm³/mol. The van der Waals surface area contributed by atoms with E-state index in [1.54, 1.807) is 20.8 Å². The Kier molecular flexibility index (Phi) is 4.79. The zero-order chi connectivity index (χ0) is 17.4. The Hall–Kier alpha value is -1.90. The Morgan fingerprint density at radius 3 is 2.57 bits per heavy atom. The molecule has 128 valence electrons. The third-order valence-corrected chi connectivity index (χ3v) is 3.53. The molecule has 1 aliphatic rings. The Balaban J connectivity index is 2.09. The Bertz CT molecular complexity index is 633. The maximum Gasteiger partial charge on any atom is 0.311 e. The van der Waals surface area contributed by atoms with Crippen molar-refractivity contribution in [3.8, 4) is 5.75 Å². The summed E-state index contributed by atoms with van der Waals surface area (Å²) < 4.78 is 11.6. The van der Waals surface area contributed by atoms with Gasteiger partial charge in [0, 0.05) is 12.3 Å². The van der Waals surface area contributed by atoms with Crippen molar-refractivity contribution in [1.29, 1.82) is 0 Å². The second-order valence-corrected chi connectivity index (χ2v) is 6.53. The van der Waals surface area contributed by atoms with E-state index >= 15 is 0 Å². The van der Waals surface area contributed by atoms with Gasteiger partial charge in [-0.15, -0.1) is 0 Å². The smallest absolute Gasteiger partial charge is 0.311 e. The number of nitrogens with zero attached hydrogens (tertiary/aromatic N) is 1. The highest BCUT2D eigenvalue weighted by Crippen LogP contribution is 2.29. The lowest BCUT2D eigenvalue weighted by Crippen LogP contribution is -2.36. The minimum Gasteiger partial charge on any atom is -0.508 e. The van der Waals surface area contributed by atoms with Crippen molar-refractivity contribution in [2.24, 2.45) is 5.41 Å². The van der Waals surface area contributed by atoms with Crippen LogP contribution in [0.25, 0.3) is 0 Å². The van der Waals surface area contributed by atoms with Crippen molar-refractivity contribution in [2.75, 3.05) is 6.61 Å². The number of esters is 1. The maximum absolute atomic E-state index is 11.8. The molecule has 4 atom stereocenters. The fourth-order valence-corrected chi connectivity index (χ4v) is 2.16. The molecule has 23 heavy (non-hydrogen) atoms. The van der Waals surface area contributed by atoms with Gasteiger partial charge in [0.25, 0.3) is 5.56 Å². The van der Waals surface area contributed by atoms with E-state index in [0.717, 1.165) is 10.6 Å². The molecule has 1 aromatic rings. The molecule has 0 unspecified atom stereocenters. The van der Waals surface area contributed by atoms with Gasteiger partial charge in [-0.1, -0.05) is 0 Å². The summed E-state index contributed by atoms with van der Waals surface area (Å²) >= 11 is 0. The number of hydrogen-bond donors (Lipinski definition) is 3. The van der Waals surface area contributed by atoms with Crippen LogP contribution in [0.4, 0.5) is 0 Å². The number of hydrogen-bond acceptors (Lipinski definition) is 7. The Labute approximate surface area is 132 Å². The topological polar surface area (TPSA) is 118 Å². The maximum atomic E-state index is 11.8. The second-order valence-electron chi connectivity index (χ2n) is 6.53. The predicted octanol–water partition coefficient (Wildman–Crippen LogP) is -0.238. The van der Waals surface area contributed by atoms with Crippen LogP contribution in [-0.4, -0.2) is 50.8 Å². The van der Waals surface area contributed by atoms with Crippen LogP contribution >= 0.6 is 0 Å². The summed E-state index contributed by atoms with van der Waals surface area (Å²) in [6, 6.07) is 2.23. The van der Waals surface area contributed by atoms with E-state index in [2.05, 4.69) is 0 Å². The fourth-order valence-electron chi connectivity index (χ4n) is 2.16. The molecule has 0 aliphatic carbocycles. The van der Waals surface area contributed by atoms with Crippen molar-refractivity contribution in [1.82, 2.24) is 4.57 Å². The minimum atomic E-state index is -1.37. The molecule has 0 amide bonds. The van der Waals surface area contributed by atoms with Crippen molar-refractivity contribution >= 4 is 5.97 Å². The normalized spacial score (nSPS) is 27.9. The number of carbonyl (C=O) groups is 1. The third kappa shape index (κ3) is 3.72. The van der Waals surface area contributed by atoms with Gasteiger partial charge in [0.2, 0.25) is 0 Å². The largest absolute Gasteiger partial charge is 0.508 e. The first-order valence-corrected chi connectivity index (χ1v) is 7.21. The number of aromatic nitrogens is 1. The van der Waals surface area contributed by atoms with E-state index < -0.39 is 41.5 Å². The molecule has 0 bridgehead atoms. The summed E-state index contributed by atoms with van der Waals surface area (Å²) in [5.74, 6) is -0.678. The summed E-state index contributed by atoms with van der Waals surface area (Å²) in [4.78, 5) is 23.6. The monoisotopic (exact) mass is 327 g/mol. The summed E-state index contributed by atoms with van der Waals surface area (Å²) in [5.41, 5.74) is -1.29. The first-order valence-electron chi connectivity index (χ1n) is 7.21. The lowest BCUT2D eigenvalue weighted by molar-refractivity contribution is -0.159. The lowest BCUT2D eigenvalue weighted by Gasteiger charge is -2.20. The summed E-state index contributed by atoms with van der Waals surface area (Å²) in [7, 11) is 0. The molecule has 1 aromatic heterocycles. The molecular formula is C15H21NO7. The molecule has 3 N–H and O–H groups in total. The highest BCUT2D eigenvalue weighted by atomic mass is 16.6. The first kappa shape index (κ1) is 17.5. The van der Waals surface area contributed by atoms with Crippen LogP contribution < -0.4 is 5.56 Å². The highest BCUT2D eigenvalue weighted by molar-refractivity contribution is 5.75. The van der Waals surface area contributed by atoms with Gasteiger partial charge in [-0.3, -0.25) is 14.2 Å². The molecule has 8 nitrogen and oxygen atoms in total. The van der Waals surface area contributed by atoms with E-state index in [1.165, 1.54) is 12.3 Å². The molecule has 0 saturated carbocycles. The van der Waals surface area contributed by atoms with Crippen LogP contribution in [0.1, 0.15) is 27.0 Å². The van der Waals surface area contributed by atoms with Crippen LogP contribution in [-0.2, 0) is 14.3 Å². The van der Waals surface area contributed by atoms with Crippen molar-refractivity contribution in [3.63, 3.8) is 0 Å². The number of carbonyl (C=O) groups excluding carboxylic acids is 1. The number of pyridine rings is 1. The number of aliphatic hydroxyl groups excluding tert-OH is 2. The van der Waals surface area contributed by atoms with Gasteiger partial charge in [-0.05, 0) is 26.8 Å².